The van der Waals surface area contributed by atoms with Crippen molar-refractivity contribution >= 4 is 74.0 Å². The Kier molecular flexibility index (Phi) is 5.76. The normalized spacial score (nSPS) is 12.6. The second-order valence-electron chi connectivity index (χ2n) is 6.51. The van der Waals surface area contributed by atoms with Gasteiger partial charge in [-0.3, -0.25) is 14.1 Å². The van der Waals surface area contributed by atoms with Crippen LogP contribution in [0.15, 0.2) is 59.5 Å². The molecule has 4 rings (SSSR count). The summed E-state index contributed by atoms with van der Waals surface area (Å²) in [6.45, 7) is 0. The van der Waals surface area contributed by atoms with Crippen molar-refractivity contribution in [1.82, 2.24) is 0 Å². The van der Waals surface area contributed by atoms with Crippen LogP contribution in [-0.2, 0) is 10.1 Å². The fraction of sp³-hybridized carbons (Fsp3) is 0. The van der Waals surface area contributed by atoms with Gasteiger partial charge in [-0.2, -0.15) is 8.42 Å². The number of hydrogen-bond donors (Lipinski definition) is 4. The van der Waals surface area contributed by atoms with Gasteiger partial charge in [0.2, 0.25) is 0 Å². The third-order valence-electron chi connectivity index (χ3n) is 4.67. The minimum atomic E-state index is -4.76. The van der Waals surface area contributed by atoms with Gasteiger partial charge < -0.3 is 16.8 Å². The van der Waals surface area contributed by atoms with E-state index in [0.717, 1.165) is 6.07 Å². The number of nitrogens with two attached hydrogens (primary N) is 2. The number of hydrogen-bond acceptors (Lipinski definition) is 7. The summed E-state index contributed by atoms with van der Waals surface area (Å²) in [7, 11) is -4.76. The molecule has 1 radical (unpaired) electrons. The van der Waals surface area contributed by atoms with Crippen LogP contribution >= 0.6 is 0 Å². The number of rotatable bonds is 3. The summed E-state index contributed by atoms with van der Waals surface area (Å²) in [6.07, 6.45) is 0. The topological polar surface area (TPSA) is 153 Å². The first-order chi connectivity index (χ1) is 13.7. The van der Waals surface area contributed by atoms with Crippen LogP contribution in [0.4, 0.5) is 22.7 Å². The molecule has 0 saturated carbocycles. The molecule has 3 aromatic rings. The molecular weight excluding hydrogens is 417 g/mol. The molecule has 1 aliphatic carbocycles. The summed E-state index contributed by atoms with van der Waals surface area (Å²) < 4.78 is 33.3. The summed E-state index contributed by atoms with van der Waals surface area (Å²) in [4.78, 5) is 25.5. The largest absolute Gasteiger partial charge is 0.399 e. The van der Waals surface area contributed by atoms with Crippen molar-refractivity contribution < 1.29 is 22.6 Å². The van der Waals surface area contributed by atoms with Crippen molar-refractivity contribution in [3.63, 3.8) is 0 Å². The number of ketones is 2. The first-order valence-corrected chi connectivity index (χ1v) is 9.87. The predicted octanol–water partition coefficient (Wildman–Crippen LogP) is 2.24. The number of anilines is 4. The van der Waals surface area contributed by atoms with Gasteiger partial charge in [-0.15, -0.1) is 0 Å². The van der Waals surface area contributed by atoms with E-state index in [-0.39, 0.29) is 57.5 Å². The van der Waals surface area contributed by atoms with Crippen molar-refractivity contribution in [2.24, 2.45) is 0 Å². The molecule has 0 atom stereocenters. The van der Waals surface area contributed by atoms with Crippen LogP contribution < -0.4 is 16.8 Å². The average Bonchev–Trinajstić information content (AvgIpc) is 2.68. The van der Waals surface area contributed by atoms with E-state index < -0.39 is 32.3 Å². The molecule has 0 unspecified atom stereocenters. The Morgan fingerprint density at radius 1 is 0.833 bits per heavy atom. The third-order valence-corrected chi connectivity index (χ3v) is 5.56. The van der Waals surface area contributed by atoms with Gasteiger partial charge in [0.05, 0.1) is 22.5 Å². The number of benzene rings is 3. The van der Waals surface area contributed by atoms with E-state index in [4.69, 9.17) is 11.5 Å². The van der Waals surface area contributed by atoms with Crippen LogP contribution in [0.25, 0.3) is 0 Å². The zero-order chi connectivity index (χ0) is 20.9. The van der Waals surface area contributed by atoms with Crippen molar-refractivity contribution in [3.05, 3.63) is 76.9 Å². The Bertz CT molecular complexity index is 1300. The first kappa shape index (κ1) is 22.0. The first-order valence-electron chi connectivity index (χ1n) is 8.43. The Balaban J connectivity index is 0.00000256. The van der Waals surface area contributed by atoms with Crippen molar-refractivity contribution in [3.8, 4) is 0 Å². The average molecular weight is 432 g/mol. The van der Waals surface area contributed by atoms with Gasteiger partial charge in [0.25, 0.3) is 10.1 Å². The maximum atomic E-state index is 13.2. The fourth-order valence-electron chi connectivity index (χ4n) is 3.33. The second kappa shape index (κ2) is 7.86. The van der Waals surface area contributed by atoms with Gasteiger partial charge in [-0.25, -0.2) is 0 Å². The van der Waals surface area contributed by atoms with Crippen LogP contribution in [-0.4, -0.2) is 54.1 Å². The van der Waals surface area contributed by atoms with Gasteiger partial charge in [0.15, 0.2) is 11.6 Å². The van der Waals surface area contributed by atoms with Crippen LogP contribution in [0.5, 0.6) is 0 Å². The molecule has 0 fully saturated rings. The monoisotopic (exact) mass is 432 g/mol. The van der Waals surface area contributed by atoms with Crippen LogP contribution in [0.3, 0.4) is 0 Å². The standard InChI is InChI=1S/C20H15N3O5S.Na/c21-10-5-7-11(8-6-10)23-14-9-15(29(26,27)28)18(22)17-16(14)19(24)12-3-1-2-4-13(12)20(17)25;/h1-9,23H,21-22H2,(H,26,27,28);. The van der Waals surface area contributed by atoms with Crippen LogP contribution in [0, 0.1) is 0 Å². The molecule has 3 aromatic carbocycles. The van der Waals surface area contributed by atoms with Crippen molar-refractivity contribution in [2.75, 3.05) is 16.8 Å². The maximum absolute atomic E-state index is 13.2. The van der Waals surface area contributed by atoms with Gasteiger partial charge in [-0.05, 0) is 30.3 Å². The number of carbonyl (C=O) groups excluding carboxylic acids is 2. The number of nitrogens with one attached hydrogen (secondary N) is 1. The van der Waals surface area contributed by atoms with Gasteiger partial charge in [0.1, 0.15) is 4.90 Å². The molecule has 0 heterocycles. The SMILES string of the molecule is Nc1ccc(Nc2cc(S(=O)(=O)O)c(N)c3c2C(=O)c2ccccc2C3=O)cc1.[Na]. The number of carbonyl (C=O) groups is 2. The summed E-state index contributed by atoms with van der Waals surface area (Å²) in [5, 5.41) is 2.92. The molecule has 0 bridgehead atoms. The zero-order valence-electron chi connectivity index (χ0n) is 15.8. The van der Waals surface area contributed by atoms with Crippen molar-refractivity contribution in [1.29, 1.82) is 0 Å². The molecular formula is C20H15N3NaO5S. The summed E-state index contributed by atoms with van der Waals surface area (Å²) in [5.74, 6) is -1.08. The van der Waals surface area contributed by atoms with Gasteiger partial charge in [-0.1, -0.05) is 24.3 Å². The minimum Gasteiger partial charge on any atom is -0.399 e. The Hall–Kier alpha value is -2.69. The van der Waals surface area contributed by atoms with Crippen LogP contribution in [0.2, 0.25) is 0 Å². The smallest absolute Gasteiger partial charge is 0.296 e. The second-order valence-corrected chi connectivity index (χ2v) is 7.90. The van der Waals surface area contributed by atoms with E-state index in [1.54, 1.807) is 36.4 Å². The Labute approximate surface area is 194 Å². The molecule has 0 aliphatic heterocycles. The summed E-state index contributed by atoms with van der Waals surface area (Å²) in [5.41, 5.74) is 12.1. The molecule has 1 aliphatic rings. The van der Waals surface area contributed by atoms with E-state index >= 15 is 0 Å². The van der Waals surface area contributed by atoms with E-state index in [1.807, 2.05) is 0 Å². The van der Waals surface area contributed by atoms with Gasteiger partial charge in [0, 0.05) is 52.1 Å². The predicted molar refractivity (Wildman–Crippen MR) is 114 cm³/mol. The zero-order valence-corrected chi connectivity index (χ0v) is 18.7. The third kappa shape index (κ3) is 3.62. The molecule has 147 valence electrons. The molecule has 6 N–H and O–H groups in total. The van der Waals surface area contributed by atoms with Crippen LogP contribution in [0.1, 0.15) is 31.8 Å². The molecule has 0 aromatic heterocycles. The molecule has 10 heteroatoms. The Morgan fingerprint density at radius 3 is 1.90 bits per heavy atom. The molecule has 0 saturated heterocycles. The summed E-state index contributed by atoms with van der Waals surface area (Å²) in [6, 6.07) is 13.7. The van der Waals surface area contributed by atoms with E-state index in [0.29, 0.717) is 11.4 Å². The Morgan fingerprint density at radius 2 is 1.37 bits per heavy atom. The molecule has 30 heavy (non-hydrogen) atoms. The molecule has 0 amide bonds. The fourth-order valence-corrected chi connectivity index (χ4v) is 3.97. The van der Waals surface area contributed by atoms with E-state index in [9.17, 15) is 22.6 Å². The maximum Gasteiger partial charge on any atom is 0.296 e. The summed E-state index contributed by atoms with van der Waals surface area (Å²) >= 11 is 0. The quantitative estimate of drug-likeness (QED) is 0.218. The van der Waals surface area contributed by atoms with Gasteiger partial charge >= 0.3 is 0 Å². The molecule has 8 nitrogen and oxygen atoms in total. The molecule has 0 spiro atoms. The van der Waals surface area contributed by atoms with E-state index in [2.05, 4.69) is 5.32 Å². The van der Waals surface area contributed by atoms with Crippen molar-refractivity contribution in [2.45, 2.75) is 4.90 Å². The minimum absolute atomic E-state index is 0. The van der Waals surface area contributed by atoms with E-state index in [1.165, 1.54) is 12.1 Å². The number of nitrogen functional groups attached to an aromatic ring is 2. The number of fused-ring (bicyclic) bond motifs is 2.